The van der Waals surface area contributed by atoms with Crippen LogP contribution in [0.1, 0.15) is 37.7 Å². The maximum absolute atomic E-state index is 2.38. The molecule has 2 rings (SSSR count). The van der Waals surface area contributed by atoms with Crippen molar-refractivity contribution in [2.75, 3.05) is 0 Å². The van der Waals surface area contributed by atoms with Crippen LogP contribution >= 0.6 is 0 Å². The van der Waals surface area contributed by atoms with Crippen LogP contribution < -0.4 is 0 Å². The highest BCUT2D eigenvalue weighted by molar-refractivity contribution is 5.20. The molecule has 0 amide bonds. The van der Waals surface area contributed by atoms with Crippen LogP contribution in [0.3, 0.4) is 0 Å². The molecule has 0 radical (unpaired) electrons. The fraction of sp³-hybridized carbons (Fsp3) is 0.500. The lowest BCUT2D eigenvalue weighted by Gasteiger charge is -2.14. The van der Waals surface area contributed by atoms with Gasteiger partial charge in [-0.15, -0.1) is 0 Å². The first-order valence-corrected chi connectivity index (χ1v) is 4.93. The molecule has 0 heterocycles. The fourth-order valence-corrected chi connectivity index (χ4v) is 2.34. The summed E-state index contributed by atoms with van der Waals surface area (Å²) in [6, 6.07) is 10.9. The summed E-state index contributed by atoms with van der Waals surface area (Å²) in [5.41, 5.74) is 1.54. The average Bonchev–Trinajstić information content (AvgIpc) is 2.53. The molecule has 1 aliphatic rings. The Kier molecular flexibility index (Phi) is 2.16. The van der Waals surface area contributed by atoms with Crippen molar-refractivity contribution < 1.29 is 0 Å². The Balaban J connectivity index is 2.19. The van der Waals surface area contributed by atoms with Crippen molar-refractivity contribution in [3.05, 3.63) is 35.9 Å². The van der Waals surface area contributed by atoms with Crippen LogP contribution in [0.25, 0.3) is 0 Å². The fourth-order valence-electron chi connectivity index (χ4n) is 2.34. The van der Waals surface area contributed by atoms with E-state index in [4.69, 9.17) is 0 Å². The second-order valence-corrected chi connectivity index (χ2v) is 3.93. The van der Waals surface area contributed by atoms with Crippen molar-refractivity contribution in [3.63, 3.8) is 0 Å². The quantitative estimate of drug-likeness (QED) is 0.589. The Hall–Kier alpha value is -0.780. The molecule has 0 heteroatoms. The second-order valence-electron chi connectivity index (χ2n) is 3.93. The van der Waals surface area contributed by atoms with Crippen molar-refractivity contribution in [3.8, 4) is 0 Å². The van der Waals surface area contributed by atoms with Crippen molar-refractivity contribution in [2.45, 2.75) is 32.1 Å². The minimum Gasteiger partial charge on any atom is -0.0622 e. The minimum absolute atomic E-state index is 0.839. The molecule has 0 N–H and O–H groups in total. The molecule has 1 saturated carbocycles. The van der Waals surface area contributed by atoms with Crippen molar-refractivity contribution in [1.29, 1.82) is 0 Å². The van der Waals surface area contributed by atoms with Gasteiger partial charge in [-0.2, -0.15) is 0 Å². The maximum atomic E-state index is 2.38. The molecular weight excluding hydrogens is 144 g/mol. The first-order valence-electron chi connectivity index (χ1n) is 4.93. The molecule has 1 aromatic rings. The van der Waals surface area contributed by atoms with Gasteiger partial charge in [-0.3, -0.25) is 0 Å². The van der Waals surface area contributed by atoms with Gasteiger partial charge in [0.2, 0.25) is 0 Å². The molecule has 0 nitrogen and oxygen atoms in total. The van der Waals surface area contributed by atoms with Crippen LogP contribution in [0.4, 0.5) is 0 Å². The van der Waals surface area contributed by atoms with Crippen molar-refractivity contribution in [2.24, 2.45) is 5.92 Å². The predicted octanol–water partition coefficient (Wildman–Crippen LogP) is 3.59. The molecule has 1 aromatic carbocycles. The van der Waals surface area contributed by atoms with E-state index in [1.54, 1.807) is 5.56 Å². The van der Waals surface area contributed by atoms with E-state index in [-0.39, 0.29) is 0 Å². The molecule has 1 fully saturated rings. The van der Waals surface area contributed by atoms with E-state index in [0.717, 1.165) is 11.8 Å². The predicted molar refractivity (Wildman–Crippen MR) is 52.2 cm³/mol. The van der Waals surface area contributed by atoms with Gasteiger partial charge in [0.25, 0.3) is 0 Å². The van der Waals surface area contributed by atoms with Gasteiger partial charge in [-0.25, -0.2) is 0 Å². The van der Waals surface area contributed by atoms with Crippen LogP contribution in [-0.4, -0.2) is 0 Å². The lowest BCUT2D eigenvalue weighted by atomic mass is 9.90. The van der Waals surface area contributed by atoms with Gasteiger partial charge in [0.1, 0.15) is 0 Å². The van der Waals surface area contributed by atoms with Crippen LogP contribution in [-0.2, 0) is 0 Å². The minimum atomic E-state index is 0.839. The van der Waals surface area contributed by atoms with E-state index in [9.17, 15) is 0 Å². The highest BCUT2D eigenvalue weighted by atomic mass is 14.3. The smallest absolute Gasteiger partial charge is 0.0136 e. The monoisotopic (exact) mass is 160 g/mol. The molecule has 0 bridgehead atoms. The molecule has 1 aliphatic carbocycles. The molecule has 64 valence electrons. The molecule has 0 saturated heterocycles. The third kappa shape index (κ3) is 1.38. The van der Waals surface area contributed by atoms with Gasteiger partial charge in [-0.05, 0) is 23.8 Å². The third-order valence-electron chi connectivity index (χ3n) is 3.09. The summed E-state index contributed by atoms with van der Waals surface area (Å²) in [5, 5.41) is 0. The largest absolute Gasteiger partial charge is 0.0622 e. The molecule has 2 atom stereocenters. The lowest BCUT2D eigenvalue weighted by Crippen LogP contribution is -2.00. The van der Waals surface area contributed by atoms with E-state index >= 15 is 0 Å². The number of rotatable bonds is 1. The van der Waals surface area contributed by atoms with E-state index in [1.165, 1.54) is 19.3 Å². The van der Waals surface area contributed by atoms with Gasteiger partial charge in [-0.1, -0.05) is 50.1 Å². The van der Waals surface area contributed by atoms with Gasteiger partial charge in [0, 0.05) is 0 Å². The SMILES string of the molecule is C[C@H]1CCC[C@@H]1c1ccccc1. The molecule has 0 aromatic heterocycles. The Morgan fingerprint density at radius 1 is 1.08 bits per heavy atom. The third-order valence-corrected chi connectivity index (χ3v) is 3.09. The summed E-state index contributed by atoms with van der Waals surface area (Å²) in [5.74, 6) is 1.73. The van der Waals surface area contributed by atoms with E-state index in [1.807, 2.05) is 0 Å². The maximum Gasteiger partial charge on any atom is -0.0136 e. The number of benzene rings is 1. The van der Waals surface area contributed by atoms with Crippen LogP contribution in [0.2, 0.25) is 0 Å². The zero-order chi connectivity index (χ0) is 8.39. The Morgan fingerprint density at radius 2 is 1.83 bits per heavy atom. The van der Waals surface area contributed by atoms with Crippen LogP contribution in [0.15, 0.2) is 30.3 Å². The molecule has 0 aliphatic heterocycles. The van der Waals surface area contributed by atoms with E-state index in [0.29, 0.717) is 0 Å². The summed E-state index contributed by atoms with van der Waals surface area (Å²) in [6.07, 6.45) is 4.23. The summed E-state index contributed by atoms with van der Waals surface area (Å²) >= 11 is 0. The van der Waals surface area contributed by atoms with Gasteiger partial charge in [0.05, 0.1) is 0 Å². The first-order chi connectivity index (χ1) is 5.88. The van der Waals surface area contributed by atoms with Crippen molar-refractivity contribution in [1.82, 2.24) is 0 Å². The molecular formula is C12H16. The summed E-state index contributed by atoms with van der Waals surface area (Å²) in [4.78, 5) is 0. The number of hydrogen-bond acceptors (Lipinski definition) is 0. The Morgan fingerprint density at radius 3 is 2.42 bits per heavy atom. The highest BCUT2D eigenvalue weighted by Gasteiger charge is 2.24. The van der Waals surface area contributed by atoms with E-state index < -0.39 is 0 Å². The number of hydrogen-bond donors (Lipinski definition) is 0. The lowest BCUT2D eigenvalue weighted by molar-refractivity contribution is 0.533. The van der Waals surface area contributed by atoms with Crippen LogP contribution in [0.5, 0.6) is 0 Å². The first kappa shape index (κ1) is 7.85. The van der Waals surface area contributed by atoms with Crippen molar-refractivity contribution >= 4 is 0 Å². The highest BCUT2D eigenvalue weighted by Crippen LogP contribution is 2.38. The topological polar surface area (TPSA) is 0 Å². The molecule has 12 heavy (non-hydrogen) atoms. The summed E-state index contributed by atoms with van der Waals surface area (Å²) in [6.45, 7) is 2.38. The Labute approximate surface area is 74.6 Å². The second kappa shape index (κ2) is 3.30. The zero-order valence-corrected chi connectivity index (χ0v) is 7.66. The van der Waals surface area contributed by atoms with Gasteiger partial charge < -0.3 is 0 Å². The normalized spacial score (nSPS) is 29.1. The molecule has 0 unspecified atom stereocenters. The van der Waals surface area contributed by atoms with E-state index in [2.05, 4.69) is 37.3 Å². The zero-order valence-electron chi connectivity index (χ0n) is 7.66. The average molecular weight is 160 g/mol. The standard InChI is InChI=1S/C12H16/c1-10-6-5-9-12(10)11-7-3-2-4-8-11/h2-4,7-8,10,12H,5-6,9H2,1H3/t10-,12-/m0/s1. The van der Waals surface area contributed by atoms with Crippen LogP contribution in [0, 0.1) is 5.92 Å². The summed E-state index contributed by atoms with van der Waals surface area (Å²) < 4.78 is 0. The Bertz CT molecular complexity index is 237. The summed E-state index contributed by atoms with van der Waals surface area (Å²) in [7, 11) is 0. The molecule has 0 spiro atoms. The van der Waals surface area contributed by atoms with Gasteiger partial charge >= 0.3 is 0 Å². The van der Waals surface area contributed by atoms with Gasteiger partial charge in [0.15, 0.2) is 0 Å².